The molecule has 0 spiro atoms. The number of benzene rings is 1. The van der Waals surface area contributed by atoms with E-state index in [0.717, 1.165) is 17.9 Å². The van der Waals surface area contributed by atoms with Gasteiger partial charge in [-0.2, -0.15) is 0 Å². The molecular weight excluding hydrogens is 507 g/mol. The molecule has 1 aromatic carbocycles. The minimum Gasteiger partial charge on any atom is -0.492 e. The van der Waals surface area contributed by atoms with Crippen molar-refractivity contribution in [1.29, 1.82) is 0 Å². The molecule has 2 aromatic rings. The number of ether oxygens (including phenoxy) is 1. The number of rotatable bonds is 9. The summed E-state index contributed by atoms with van der Waals surface area (Å²) in [5.41, 5.74) is 0. The Morgan fingerprint density at radius 1 is 1.21 bits per heavy atom. The van der Waals surface area contributed by atoms with Gasteiger partial charge in [0.1, 0.15) is 24.7 Å². The van der Waals surface area contributed by atoms with Crippen LogP contribution < -0.4 is 10.1 Å². The molecule has 7 nitrogen and oxygen atoms in total. The minimum atomic E-state index is -0.0591. The largest absolute Gasteiger partial charge is 0.492 e. The van der Waals surface area contributed by atoms with Gasteiger partial charge >= 0.3 is 0 Å². The second-order valence-corrected chi connectivity index (χ2v) is 6.84. The van der Waals surface area contributed by atoms with Gasteiger partial charge in [0.25, 0.3) is 0 Å². The first-order chi connectivity index (χ1) is 13.5. The summed E-state index contributed by atoms with van der Waals surface area (Å²) in [6.07, 6.45) is 2.38. The summed E-state index contributed by atoms with van der Waals surface area (Å²) in [6.45, 7) is 1.80. The van der Waals surface area contributed by atoms with Gasteiger partial charge < -0.3 is 24.3 Å². The lowest BCUT2D eigenvalue weighted by molar-refractivity contribution is -0.127. The van der Waals surface area contributed by atoms with E-state index in [1.807, 2.05) is 36.2 Å². The number of carbonyl (C=O) groups excluding carboxylic acids is 1. The molecule has 29 heavy (non-hydrogen) atoms. The van der Waals surface area contributed by atoms with E-state index in [2.05, 4.69) is 10.3 Å². The summed E-state index contributed by atoms with van der Waals surface area (Å²) in [5, 5.41) is 3.95. The summed E-state index contributed by atoms with van der Waals surface area (Å²) in [4.78, 5) is 19.8. The van der Waals surface area contributed by atoms with Crippen LogP contribution in [0.3, 0.4) is 0 Å². The number of hydrogen-bond acceptors (Lipinski definition) is 4. The van der Waals surface area contributed by atoms with E-state index >= 15 is 0 Å². The molecule has 0 unspecified atom stereocenters. The number of nitrogens with zero attached hydrogens (tertiary/aromatic N) is 3. The van der Waals surface area contributed by atoms with Gasteiger partial charge in [0.2, 0.25) is 5.91 Å². The average molecular weight is 535 g/mol. The molecule has 160 valence electrons. The van der Waals surface area contributed by atoms with Gasteiger partial charge in [-0.15, -0.1) is 24.0 Å². The second-order valence-electron chi connectivity index (χ2n) is 6.41. The van der Waals surface area contributed by atoms with Crippen LogP contribution in [-0.4, -0.2) is 69.1 Å². The Hall–Kier alpha value is -1.94. The van der Waals surface area contributed by atoms with Crippen LogP contribution in [0.2, 0.25) is 5.02 Å². The normalized spacial score (nSPS) is 10.8. The zero-order chi connectivity index (χ0) is 20.4. The fraction of sp³-hybridized carbons (Fsp3) is 0.400. The highest BCUT2D eigenvalue weighted by Crippen LogP contribution is 2.15. The summed E-state index contributed by atoms with van der Waals surface area (Å²) in [6, 6.07) is 11.0. The number of likely N-dealkylation sites (N-methyl/N-ethyl adjacent to an activating group) is 2. The van der Waals surface area contributed by atoms with Gasteiger partial charge in [0, 0.05) is 39.1 Å². The van der Waals surface area contributed by atoms with Crippen molar-refractivity contribution in [3.63, 3.8) is 0 Å². The molecule has 0 aliphatic rings. The maximum absolute atomic E-state index is 11.9. The third-order valence-electron chi connectivity index (χ3n) is 3.97. The summed E-state index contributed by atoms with van der Waals surface area (Å²) in [7, 11) is 5.33. The number of carbonyl (C=O) groups is 1. The molecule has 1 heterocycles. The molecule has 2 rings (SSSR count). The lowest BCUT2D eigenvalue weighted by atomic mass is 10.3. The van der Waals surface area contributed by atoms with E-state index in [0.29, 0.717) is 30.7 Å². The SMILES string of the molecule is CN(C)C(=O)CN=C(NCCc1ccco1)N(C)CCOc1ccc(Cl)cc1.I. The number of hydrogen-bond donors (Lipinski definition) is 1. The molecule has 0 saturated carbocycles. The van der Waals surface area contributed by atoms with Crippen LogP contribution in [0.4, 0.5) is 0 Å². The number of guanidine groups is 1. The zero-order valence-electron chi connectivity index (χ0n) is 16.9. The van der Waals surface area contributed by atoms with E-state index < -0.39 is 0 Å². The standard InChI is InChI=1S/C20H27ClN4O3.HI/c1-24(2)19(26)15-23-20(22-11-10-17-5-4-13-27-17)25(3)12-14-28-18-8-6-16(21)7-9-18;/h4-9,13H,10-12,14-15H2,1-3H3,(H,22,23);1H. The van der Waals surface area contributed by atoms with E-state index in [-0.39, 0.29) is 36.4 Å². The Bertz CT molecular complexity index is 752. The van der Waals surface area contributed by atoms with Crippen LogP contribution in [0, 0.1) is 0 Å². The summed E-state index contributed by atoms with van der Waals surface area (Å²) >= 11 is 5.88. The highest BCUT2D eigenvalue weighted by atomic mass is 127. The topological polar surface area (TPSA) is 70.3 Å². The molecular formula is C20H28ClIN4O3. The van der Waals surface area contributed by atoms with Crippen molar-refractivity contribution in [2.24, 2.45) is 4.99 Å². The van der Waals surface area contributed by atoms with Crippen LogP contribution in [0.1, 0.15) is 5.76 Å². The van der Waals surface area contributed by atoms with Crippen LogP contribution in [0.25, 0.3) is 0 Å². The van der Waals surface area contributed by atoms with Gasteiger partial charge in [-0.25, -0.2) is 4.99 Å². The molecule has 9 heteroatoms. The molecule has 0 aliphatic heterocycles. The quantitative estimate of drug-likeness (QED) is 0.304. The van der Waals surface area contributed by atoms with Gasteiger partial charge in [-0.1, -0.05) is 11.6 Å². The first-order valence-electron chi connectivity index (χ1n) is 9.06. The minimum absolute atomic E-state index is 0. The Labute approximate surface area is 194 Å². The molecule has 0 saturated heterocycles. The molecule has 0 atom stereocenters. The van der Waals surface area contributed by atoms with E-state index in [9.17, 15) is 4.79 Å². The van der Waals surface area contributed by atoms with Crippen LogP contribution in [0.15, 0.2) is 52.1 Å². The van der Waals surface area contributed by atoms with Crippen LogP contribution in [-0.2, 0) is 11.2 Å². The first-order valence-corrected chi connectivity index (χ1v) is 9.44. The lowest BCUT2D eigenvalue weighted by Gasteiger charge is -2.22. The molecule has 1 aromatic heterocycles. The van der Waals surface area contributed by atoms with Crippen molar-refractivity contribution in [1.82, 2.24) is 15.1 Å². The number of aliphatic imine (C=N–C) groups is 1. The Balaban J connectivity index is 0.00000420. The van der Waals surface area contributed by atoms with E-state index in [4.69, 9.17) is 20.8 Å². The van der Waals surface area contributed by atoms with Gasteiger partial charge in [-0.3, -0.25) is 4.79 Å². The third-order valence-corrected chi connectivity index (χ3v) is 4.22. The van der Waals surface area contributed by atoms with E-state index in [1.165, 1.54) is 4.90 Å². The molecule has 1 amide bonds. The fourth-order valence-electron chi connectivity index (χ4n) is 2.28. The van der Waals surface area contributed by atoms with Gasteiger partial charge in [0.15, 0.2) is 5.96 Å². The number of furan rings is 1. The Morgan fingerprint density at radius 3 is 2.55 bits per heavy atom. The highest BCUT2D eigenvalue weighted by Gasteiger charge is 2.09. The smallest absolute Gasteiger partial charge is 0.243 e. The van der Waals surface area contributed by atoms with Crippen molar-refractivity contribution in [3.05, 3.63) is 53.4 Å². The monoisotopic (exact) mass is 534 g/mol. The Kier molecular flexibility index (Phi) is 11.5. The maximum Gasteiger partial charge on any atom is 0.243 e. The predicted octanol–water partition coefficient (Wildman–Crippen LogP) is 3.14. The maximum atomic E-state index is 11.9. The average Bonchev–Trinajstić information content (AvgIpc) is 3.19. The first kappa shape index (κ1) is 25.1. The lowest BCUT2D eigenvalue weighted by Crippen LogP contribution is -2.42. The van der Waals surface area contributed by atoms with Crippen molar-refractivity contribution >= 4 is 47.4 Å². The molecule has 0 aliphatic carbocycles. The summed E-state index contributed by atoms with van der Waals surface area (Å²) < 4.78 is 11.1. The molecule has 0 radical (unpaired) electrons. The van der Waals surface area contributed by atoms with E-state index in [1.54, 1.807) is 32.5 Å². The van der Waals surface area contributed by atoms with Crippen molar-refractivity contribution < 1.29 is 13.9 Å². The zero-order valence-corrected chi connectivity index (χ0v) is 20.0. The van der Waals surface area contributed by atoms with Crippen molar-refractivity contribution in [2.45, 2.75) is 6.42 Å². The predicted molar refractivity (Wildman–Crippen MR) is 126 cm³/mol. The third kappa shape index (κ3) is 9.40. The van der Waals surface area contributed by atoms with Crippen LogP contribution in [0.5, 0.6) is 5.75 Å². The van der Waals surface area contributed by atoms with Crippen molar-refractivity contribution in [3.8, 4) is 5.75 Å². The molecule has 0 fully saturated rings. The molecule has 0 bridgehead atoms. The fourth-order valence-corrected chi connectivity index (χ4v) is 2.41. The Morgan fingerprint density at radius 2 is 1.93 bits per heavy atom. The number of amides is 1. The molecule has 1 N–H and O–H groups in total. The second kappa shape index (κ2) is 13.3. The number of nitrogens with one attached hydrogen (secondary N) is 1. The van der Waals surface area contributed by atoms with Crippen molar-refractivity contribution in [2.75, 3.05) is 47.4 Å². The number of halogens is 2. The van der Waals surface area contributed by atoms with Gasteiger partial charge in [-0.05, 0) is 36.4 Å². The summed E-state index contributed by atoms with van der Waals surface area (Å²) in [5.74, 6) is 2.23. The highest BCUT2D eigenvalue weighted by molar-refractivity contribution is 14.0. The van der Waals surface area contributed by atoms with Gasteiger partial charge in [0.05, 0.1) is 12.8 Å². The van der Waals surface area contributed by atoms with Crippen LogP contribution >= 0.6 is 35.6 Å².